The normalized spacial score (nSPS) is 25.3. The standard InChI is InChI=1S/C10H15F3N2O3/c1-3-9(2)8(17)14-6-7(16)15(9)4-5-18-10(11,12)13/h3-6H2,1-2H3,(H,14,17). The summed E-state index contributed by atoms with van der Waals surface area (Å²) in [5.74, 6) is -0.777. The zero-order valence-corrected chi connectivity index (χ0v) is 10.1. The van der Waals surface area contributed by atoms with Crippen molar-refractivity contribution in [2.45, 2.75) is 32.2 Å². The molecule has 1 fully saturated rings. The van der Waals surface area contributed by atoms with Gasteiger partial charge in [-0.3, -0.25) is 14.3 Å². The van der Waals surface area contributed by atoms with E-state index in [2.05, 4.69) is 10.1 Å². The molecule has 0 aromatic heterocycles. The van der Waals surface area contributed by atoms with Crippen molar-refractivity contribution in [3.05, 3.63) is 0 Å². The number of alkyl halides is 3. The molecule has 2 amide bonds. The molecule has 0 saturated carbocycles. The molecule has 0 spiro atoms. The summed E-state index contributed by atoms with van der Waals surface area (Å²) in [4.78, 5) is 24.5. The number of nitrogens with zero attached hydrogens (tertiary/aromatic N) is 1. The van der Waals surface area contributed by atoms with Crippen LogP contribution >= 0.6 is 0 Å². The SMILES string of the molecule is CCC1(C)C(=O)NCC(=O)N1CCOC(F)(F)F. The molecule has 0 aromatic carbocycles. The number of hydrogen-bond acceptors (Lipinski definition) is 3. The van der Waals surface area contributed by atoms with Gasteiger partial charge in [-0.1, -0.05) is 6.92 Å². The van der Waals surface area contributed by atoms with Crippen LogP contribution in [0.5, 0.6) is 0 Å². The Labute approximate surface area is 102 Å². The zero-order valence-electron chi connectivity index (χ0n) is 10.1. The molecular weight excluding hydrogens is 253 g/mol. The van der Waals surface area contributed by atoms with Crippen LogP contribution in [0.4, 0.5) is 13.2 Å². The second kappa shape index (κ2) is 5.13. The molecule has 104 valence electrons. The molecule has 1 N–H and O–H groups in total. The Hall–Kier alpha value is -1.31. The first kappa shape index (κ1) is 14.7. The second-order valence-electron chi connectivity index (χ2n) is 4.15. The van der Waals surface area contributed by atoms with Crippen molar-refractivity contribution in [1.29, 1.82) is 0 Å². The van der Waals surface area contributed by atoms with Crippen LogP contribution in [0.25, 0.3) is 0 Å². The number of hydrogen-bond donors (Lipinski definition) is 1. The Morgan fingerprint density at radius 3 is 2.56 bits per heavy atom. The number of halogens is 3. The van der Waals surface area contributed by atoms with E-state index in [1.165, 1.54) is 6.92 Å². The van der Waals surface area contributed by atoms with Gasteiger partial charge < -0.3 is 10.2 Å². The first-order valence-electron chi connectivity index (χ1n) is 5.50. The van der Waals surface area contributed by atoms with Crippen LogP contribution in [0.15, 0.2) is 0 Å². The Morgan fingerprint density at radius 2 is 2.06 bits per heavy atom. The van der Waals surface area contributed by atoms with Crippen molar-refractivity contribution in [1.82, 2.24) is 10.2 Å². The third-order valence-corrected chi connectivity index (χ3v) is 3.06. The lowest BCUT2D eigenvalue weighted by molar-refractivity contribution is -0.325. The van der Waals surface area contributed by atoms with Gasteiger partial charge in [-0.15, -0.1) is 13.2 Å². The summed E-state index contributed by atoms with van der Waals surface area (Å²) in [5.41, 5.74) is -1.12. The lowest BCUT2D eigenvalue weighted by atomic mass is 9.93. The maximum absolute atomic E-state index is 11.9. The minimum absolute atomic E-state index is 0.194. The molecule has 18 heavy (non-hydrogen) atoms. The van der Waals surface area contributed by atoms with Gasteiger partial charge in [-0.05, 0) is 13.3 Å². The monoisotopic (exact) mass is 268 g/mol. The molecule has 1 aliphatic heterocycles. The highest BCUT2D eigenvalue weighted by atomic mass is 19.4. The number of amides is 2. The van der Waals surface area contributed by atoms with Crippen molar-refractivity contribution < 1.29 is 27.5 Å². The maximum Gasteiger partial charge on any atom is 0.522 e. The minimum Gasteiger partial charge on any atom is -0.345 e. The molecule has 0 aliphatic carbocycles. The van der Waals surface area contributed by atoms with Crippen LogP contribution in [0.1, 0.15) is 20.3 Å². The second-order valence-corrected chi connectivity index (χ2v) is 4.15. The van der Waals surface area contributed by atoms with Gasteiger partial charge in [-0.25, -0.2) is 0 Å². The van der Waals surface area contributed by atoms with Crippen LogP contribution in [0.2, 0.25) is 0 Å². The molecule has 1 aliphatic rings. The van der Waals surface area contributed by atoms with Crippen molar-refractivity contribution in [2.24, 2.45) is 0 Å². The quantitative estimate of drug-likeness (QED) is 0.814. The van der Waals surface area contributed by atoms with Gasteiger partial charge in [0.1, 0.15) is 5.54 Å². The van der Waals surface area contributed by atoms with Gasteiger partial charge in [0.2, 0.25) is 11.8 Å². The maximum atomic E-state index is 11.9. The Balaban J connectivity index is 2.70. The molecule has 8 heteroatoms. The average Bonchev–Trinajstić information content (AvgIpc) is 2.27. The van der Waals surface area contributed by atoms with E-state index < -0.39 is 24.4 Å². The van der Waals surface area contributed by atoms with Crippen molar-refractivity contribution in [3.63, 3.8) is 0 Å². The number of nitrogens with one attached hydrogen (secondary N) is 1. The van der Waals surface area contributed by atoms with E-state index in [1.807, 2.05) is 0 Å². The fraction of sp³-hybridized carbons (Fsp3) is 0.800. The summed E-state index contributed by atoms with van der Waals surface area (Å²) in [6, 6.07) is 0. The van der Waals surface area contributed by atoms with E-state index in [4.69, 9.17) is 0 Å². The zero-order chi connectivity index (χ0) is 14.0. The highest BCUT2D eigenvalue weighted by Crippen LogP contribution is 2.23. The van der Waals surface area contributed by atoms with E-state index in [1.54, 1.807) is 6.92 Å². The molecule has 1 rings (SSSR count). The molecule has 0 aromatic rings. The summed E-state index contributed by atoms with van der Waals surface area (Å²) >= 11 is 0. The number of rotatable bonds is 4. The molecule has 1 heterocycles. The Morgan fingerprint density at radius 1 is 1.44 bits per heavy atom. The van der Waals surface area contributed by atoms with Gasteiger partial charge in [0.15, 0.2) is 0 Å². The van der Waals surface area contributed by atoms with E-state index in [9.17, 15) is 22.8 Å². The molecule has 1 unspecified atom stereocenters. The summed E-state index contributed by atoms with van der Waals surface area (Å²) in [7, 11) is 0. The largest absolute Gasteiger partial charge is 0.522 e. The summed E-state index contributed by atoms with van der Waals surface area (Å²) in [6.07, 6.45) is -4.42. The molecule has 0 bridgehead atoms. The van der Waals surface area contributed by atoms with Crippen LogP contribution in [-0.4, -0.2) is 48.3 Å². The average molecular weight is 268 g/mol. The van der Waals surface area contributed by atoms with Crippen LogP contribution in [-0.2, 0) is 14.3 Å². The van der Waals surface area contributed by atoms with E-state index >= 15 is 0 Å². The van der Waals surface area contributed by atoms with Crippen LogP contribution in [0.3, 0.4) is 0 Å². The molecule has 0 radical (unpaired) electrons. The summed E-state index contributed by atoms with van der Waals surface area (Å²) in [5, 5.41) is 2.42. The number of carbonyl (C=O) groups excluding carboxylic acids is 2. The minimum atomic E-state index is -4.73. The number of carbonyl (C=O) groups is 2. The van der Waals surface area contributed by atoms with Gasteiger partial charge in [0.05, 0.1) is 13.2 Å². The predicted molar refractivity (Wildman–Crippen MR) is 55.4 cm³/mol. The first-order valence-corrected chi connectivity index (χ1v) is 5.50. The number of ether oxygens (including phenoxy) is 1. The van der Waals surface area contributed by atoms with Gasteiger partial charge in [0.25, 0.3) is 0 Å². The summed E-state index contributed by atoms with van der Waals surface area (Å²) in [6.45, 7) is 2.07. The highest BCUT2D eigenvalue weighted by molar-refractivity contribution is 5.97. The van der Waals surface area contributed by atoms with Gasteiger partial charge in [-0.2, -0.15) is 0 Å². The fourth-order valence-corrected chi connectivity index (χ4v) is 1.82. The smallest absolute Gasteiger partial charge is 0.345 e. The molecular formula is C10H15F3N2O3. The topological polar surface area (TPSA) is 58.6 Å². The van der Waals surface area contributed by atoms with Crippen molar-refractivity contribution >= 4 is 11.8 Å². The predicted octanol–water partition coefficient (Wildman–Crippen LogP) is 0.650. The Kier molecular flexibility index (Phi) is 4.20. The lowest BCUT2D eigenvalue weighted by Crippen LogP contribution is -2.66. The van der Waals surface area contributed by atoms with E-state index in [-0.39, 0.29) is 19.0 Å². The van der Waals surface area contributed by atoms with Crippen LogP contribution in [0, 0.1) is 0 Å². The van der Waals surface area contributed by atoms with Gasteiger partial charge >= 0.3 is 6.36 Å². The third kappa shape index (κ3) is 3.12. The van der Waals surface area contributed by atoms with E-state index in [0.29, 0.717) is 6.42 Å². The highest BCUT2D eigenvalue weighted by Gasteiger charge is 2.44. The van der Waals surface area contributed by atoms with Gasteiger partial charge in [0, 0.05) is 6.54 Å². The lowest BCUT2D eigenvalue weighted by Gasteiger charge is -2.42. The van der Waals surface area contributed by atoms with E-state index in [0.717, 1.165) is 4.90 Å². The van der Waals surface area contributed by atoms with Crippen molar-refractivity contribution in [3.8, 4) is 0 Å². The molecule has 5 nitrogen and oxygen atoms in total. The van der Waals surface area contributed by atoms with Crippen molar-refractivity contribution in [2.75, 3.05) is 19.7 Å². The van der Waals surface area contributed by atoms with Crippen LogP contribution < -0.4 is 5.32 Å². The Bertz CT molecular complexity index is 346. The molecule has 1 atom stereocenters. The summed E-state index contributed by atoms with van der Waals surface area (Å²) < 4.78 is 39.2. The third-order valence-electron chi connectivity index (χ3n) is 3.06. The molecule has 1 saturated heterocycles. The first-order chi connectivity index (χ1) is 8.20. The number of piperazine rings is 1. The fourth-order valence-electron chi connectivity index (χ4n) is 1.82.